The molecule has 1 fully saturated rings. The minimum absolute atomic E-state index is 0.0258. The summed E-state index contributed by atoms with van der Waals surface area (Å²) in [6, 6.07) is 0. The van der Waals surface area contributed by atoms with E-state index in [1.165, 1.54) is 0 Å². The average molecular weight is 179 g/mol. The van der Waals surface area contributed by atoms with E-state index < -0.39 is 30.7 Å². The number of hydrogen-bond acceptors (Lipinski definition) is 6. The molecule has 72 valence electrons. The summed E-state index contributed by atoms with van der Waals surface area (Å²) in [6.45, 7) is -0.0258. The highest BCUT2D eigenvalue weighted by molar-refractivity contribution is 4.88. The van der Waals surface area contributed by atoms with Crippen molar-refractivity contribution in [1.29, 1.82) is 0 Å². The van der Waals surface area contributed by atoms with Crippen molar-refractivity contribution in [3.05, 3.63) is 0 Å². The first-order valence-corrected chi connectivity index (χ1v) is 3.65. The van der Waals surface area contributed by atoms with Crippen molar-refractivity contribution in [3.8, 4) is 0 Å². The molecule has 6 N–H and O–H groups in total. The minimum atomic E-state index is -1.49. The maximum atomic E-state index is 9.20. The fraction of sp³-hybridized carbons (Fsp3) is 1.00. The SMILES string of the molecule is NCC1OC(O)[C@@H](O)[C@@H](O)[C@H]1O. The van der Waals surface area contributed by atoms with Gasteiger partial charge in [-0.15, -0.1) is 0 Å². The third-order valence-electron chi connectivity index (χ3n) is 1.92. The van der Waals surface area contributed by atoms with Gasteiger partial charge in [0.15, 0.2) is 6.29 Å². The third kappa shape index (κ3) is 1.58. The predicted octanol–water partition coefficient (Wildman–Crippen LogP) is -3.25. The molecule has 6 heteroatoms. The van der Waals surface area contributed by atoms with Gasteiger partial charge in [-0.25, -0.2) is 0 Å². The highest BCUT2D eigenvalue weighted by Gasteiger charge is 2.42. The lowest BCUT2D eigenvalue weighted by molar-refractivity contribution is -0.279. The zero-order chi connectivity index (χ0) is 9.30. The molecule has 1 aliphatic rings. The van der Waals surface area contributed by atoms with Gasteiger partial charge in [0.05, 0.1) is 0 Å². The van der Waals surface area contributed by atoms with E-state index in [9.17, 15) is 5.11 Å². The summed E-state index contributed by atoms with van der Waals surface area (Å²) in [7, 11) is 0. The van der Waals surface area contributed by atoms with E-state index >= 15 is 0 Å². The zero-order valence-electron chi connectivity index (χ0n) is 6.37. The van der Waals surface area contributed by atoms with E-state index in [-0.39, 0.29) is 6.54 Å². The lowest BCUT2D eigenvalue weighted by Crippen LogP contribution is -2.59. The standard InChI is InChI=1S/C6H13NO5/c7-1-2-3(8)4(9)5(10)6(11)12-2/h2-6,8-11H,1,7H2/t2?,3-,4-,5-,6?/m0/s1. The van der Waals surface area contributed by atoms with Crippen LogP contribution in [0.1, 0.15) is 0 Å². The quantitative estimate of drug-likeness (QED) is 0.288. The second-order valence-electron chi connectivity index (χ2n) is 2.77. The molecule has 0 radical (unpaired) electrons. The molecule has 1 heterocycles. The maximum absolute atomic E-state index is 9.20. The molecule has 0 saturated carbocycles. The van der Waals surface area contributed by atoms with Crippen molar-refractivity contribution in [2.45, 2.75) is 30.7 Å². The van der Waals surface area contributed by atoms with Crippen LogP contribution in [0, 0.1) is 0 Å². The Hall–Kier alpha value is -0.240. The van der Waals surface area contributed by atoms with Gasteiger partial charge in [0.25, 0.3) is 0 Å². The summed E-state index contributed by atoms with van der Waals surface area (Å²) in [4.78, 5) is 0. The van der Waals surface area contributed by atoms with E-state index in [1.807, 2.05) is 0 Å². The molecule has 1 aliphatic heterocycles. The van der Waals surface area contributed by atoms with Crippen LogP contribution >= 0.6 is 0 Å². The van der Waals surface area contributed by atoms with E-state index in [4.69, 9.17) is 25.8 Å². The van der Waals surface area contributed by atoms with Crippen LogP contribution in [0.5, 0.6) is 0 Å². The smallest absolute Gasteiger partial charge is 0.184 e. The van der Waals surface area contributed by atoms with Gasteiger partial charge >= 0.3 is 0 Å². The van der Waals surface area contributed by atoms with Crippen molar-refractivity contribution < 1.29 is 25.2 Å². The number of aliphatic hydroxyl groups is 4. The van der Waals surface area contributed by atoms with Crippen LogP contribution < -0.4 is 5.73 Å². The number of rotatable bonds is 1. The summed E-state index contributed by atoms with van der Waals surface area (Å²) >= 11 is 0. The van der Waals surface area contributed by atoms with Crippen molar-refractivity contribution in [2.75, 3.05) is 6.54 Å². The second kappa shape index (κ2) is 3.65. The Morgan fingerprint density at radius 2 is 1.58 bits per heavy atom. The van der Waals surface area contributed by atoms with Gasteiger partial charge in [-0.2, -0.15) is 0 Å². The van der Waals surface area contributed by atoms with Crippen LogP contribution in [0.15, 0.2) is 0 Å². The first-order valence-electron chi connectivity index (χ1n) is 3.65. The fourth-order valence-corrected chi connectivity index (χ4v) is 1.13. The Morgan fingerprint density at radius 3 is 2.08 bits per heavy atom. The number of aliphatic hydroxyl groups excluding tert-OH is 4. The van der Waals surface area contributed by atoms with E-state index in [1.54, 1.807) is 0 Å². The van der Waals surface area contributed by atoms with Crippen LogP contribution in [0.3, 0.4) is 0 Å². The Bertz CT molecular complexity index is 150. The van der Waals surface area contributed by atoms with Gasteiger partial charge in [-0.05, 0) is 0 Å². The molecule has 0 spiro atoms. The molecule has 0 amide bonds. The van der Waals surface area contributed by atoms with Crippen molar-refractivity contribution in [2.24, 2.45) is 5.73 Å². The molecular weight excluding hydrogens is 166 g/mol. The number of nitrogens with two attached hydrogens (primary N) is 1. The lowest BCUT2D eigenvalue weighted by Gasteiger charge is -2.37. The van der Waals surface area contributed by atoms with Gasteiger partial charge < -0.3 is 30.9 Å². The third-order valence-corrected chi connectivity index (χ3v) is 1.92. The molecule has 6 nitrogen and oxygen atoms in total. The topological polar surface area (TPSA) is 116 Å². The molecule has 0 bridgehead atoms. The summed E-state index contributed by atoms with van der Waals surface area (Å²) < 4.78 is 4.70. The van der Waals surface area contributed by atoms with Gasteiger partial charge in [0, 0.05) is 6.54 Å². The summed E-state index contributed by atoms with van der Waals surface area (Å²) in [5, 5.41) is 36.3. The average Bonchev–Trinajstić information content (AvgIpc) is 2.08. The van der Waals surface area contributed by atoms with Crippen LogP contribution in [0.2, 0.25) is 0 Å². The van der Waals surface area contributed by atoms with Crippen molar-refractivity contribution in [3.63, 3.8) is 0 Å². The predicted molar refractivity (Wildman–Crippen MR) is 38.0 cm³/mol. The summed E-state index contributed by atoms with van der Waals surface area (Å²) in [5.41, 5.74) is 5.17. The molecule has 0 aromatic heterocycles. The molecule has 0 aromatic carbocycles. The van der Waals surface area contributed by atoms with Crippen molar-refractivity contribution >= 4 is 0 Å². The highest BCUT2D eigenvalue weighted by Crippen LogP contribution is 2.18. The molecule has 1 rings (SSSR count). The Kier molecular flexibility index (Phi) is 2.99. The monoisotopic (exact) mass is 179 g/mol. The Balaban J connectivity index is 2.63. The van der Waals surface area contributed by atoms with E-state index in [0.29, 0.717) is 0 Å². The molecule has 5 atom stereocenters. The fourth-order valence-electron chi connectivity index (χ4n) is 1.13. The van der Waals surface area contributed by atoms with E-state index in [2.05, 4.69) is 0 Å². The lowest BCUT2D eigenvalue weighted by atomic mass is 9.99. The van der Waals surface area contributed by atoms with Crippen LogP contribution in [0.4, 0.5) is 0 Å². The minimum Gasteiger partial charge on any atom is -0.388 e. The Morgan fingerprint density at radius 1 is 1.00 bits per heavy atom. The summed E-state index contributed by atoms with van der Waals surface area (Å²) in [5.74, 6) is 0. The first-order chi connectivity index (χ1) is 5.57. The molecular formula is C6H13NO5. The molecule has 0 aromatic rings. The van der Waals surface area contributed by atoms with Gasteiger partial charge in [0.2, 0.25) is 0 Å². The largest absolute Gasteiger partial charge is 0.388 e. The molecule has 0 aliphatic carbocycles. The first kappa shape index (κ1) is 9.85. The number of hydrogen-bond donors (Lipinski definition) is 5. The Labute approximate surface area is 69.2 Å². The van der Waals surface area contributed by atoms with E-state index in [0.717, 1.165) is 0 Å². The van der Waals surface area contributed by atoms with Crippen LogP contribution in [0.25, 0.3) is 0 Å². The van der Waals surface area contributed by atoms with Gasteiger partial charge in [-0.3, -0.25) is 0 Å². The van der Waals surface area contributed by atoms with Crippen molar-refractivity contribution in [1.82, 2.24) is 0 Å². The number of ether oxygens (including phenoxy) is 1. The van der Waals surface area contributed by atoms with Crippen LogP contribution in [-0.4, -0.2) is 57.7 Å². The summed E-state index contributed by atoms with van der Waals surface area (Å²) in [6.07, 6.45) is -6.48. The van der Waals surface area contributed by atoms with Gasteiger partial charge in [-0.1, -0.05) is 0 Å². The molecule has 2 unspecified atom stereocenters. The molecule has 12 heavy (non-hydrogen) atoms. The maximum Gasteiger partial charge on any atom is 0.184 e. The normalized spacial score (nSPS) is 49.2. The highest BCUT2D eigenvalue weighted by atomic mass is 16.6. The zero-order valence-corrected chi connectivity index (χ0v) is 6.37. The molecule has 1 saturated heterocycles. The van der Waals surface area contributed by atoms with Crippen LogP contribution in [-0.2, 0) is 4.74 Å². The second-order valence-corrected chi connectivity index (χ2v) is 2.77. The van der Waals surface area contributed by atoms with Gasteiger partial charge in [0.1, 0.15) is 24.4 Å².